The van der Waals surface area contributed by atoms with Crippen LogP contribution in [0.15, 0.2) is 23.6 Å². The maximum Gasteiger partial charge on any atom is 0.279 e. The van der Waals surface area contributed by atoms with Crippen LogP contribution in [0.3, 0.4) is 0 Å². The van der Waals surface area contributed by atoms with Gasteiger partial charge >= 0.3 is 0 Å². The van der Waals surface area contributed by atoms with Crippen molar-refractivity contribution >= 4 is 61.7 Å². The van der Waals surface area contributed by atoms with E-state index in [4.69, 9.17) is 23.2 Å². The summed E-state index contributed by atoms with van der Waals surface area (Å²) in [5, 5.41) is 0.362. The number of rotatable bonds is 3. The van der Waals surface area contributed by atoms with Gasteiger partial charge in [-0.1, -0.05) is 23.2 Å². The number of anilines is 1. The smallest absolute Gasteiger partial charge is 0.279 e. The molecule has 7 nitrogen and oxygen atoms in total. The fourth-order valence-corrected chi connectivity index (χ4v) is 3.76. The molecule has 0 amide bonds. The predicted octanol–water partition coefficient (Wildman–Crippen LogP) is 2.52. The number of fused-ring (bicyclic) bond motifs is 1. The van der Waals surface area contributed by atoms with Crippen molar-refractivity contribution in [2.75, 3.05) is 4.72 Å². The van der Waals surface area contributed by atoms with E-state index >= 15 is 0 Å². The van der Waals surface area contributed by atoms with Crippen LogP contribution >= 0.6 is 34.9 Å². The molecule has 20 heavy (non-hydrogen) atoms. The zero-order valence-electron chi connectivity index (χ0n) is 9.46. The number of halogens is 2. The number of nitrogens with zero attached hydrogens (tertiary/aromatic N) is 3. The normalized spacial score (nSPS) is 11.9. The number of nitrogens with one attached hydrogen (secondary N) is 2. The lowest BCUT2D eigenvalue weighted by atomic mass is 10.3. The van der Waals surface area contributed by atoms with Gasteiger partial charge in [-0.3, -0.25) is 4.72 Å². The standard InChI is InChI=1S/C9H5Cl2N5O2S2/c10-4-1-5(11)8(9-7(4)14-19-15-9)16-20(17,18)6-2-12-3-13-6/h1-3,16H,(H,12,13). The molecule has 2 N–H and O–H groups in total. The number of H-pyrrole nitrogens is 1. The monoisotopic (exact) mass is 349 g/mol. The van der Waals surface area contributed by atoms with Crippen molar-refractivity contribution in [1.82, 2.24) is 18.7 Å². The summed E-state index contributed by atoms with van der Waals surface area (Å²) < 4.78 is 34.7. The van der Waals surface area contributed by atoms with Crippen molar-refractivity contribution in [3.63, 3.8) is 0 Å². The van der Waals surface area contributed by atoms with E-state index in [0.717, 1.165) is 11.7 Å². The van der Waals surface area contributed by atoms with Gasteiger partial charge in [-0.15, -0.1) is 0 Å². The highest BCUT2D eigenvalue weighted by Gasteiger charge is 2.21. The topological polar surface area (TPSA) is 101 Å². The number of hydrogen-bond acceptors (Lipinski definition) is 6. The van der Waals surface area contributed by atoms with Gasteiger partial charge < -0.3 is 4.98 Å². The Bertz CT molecular complexity index is 875. The molecule has 3 rings (SSSR count). The molecule has 104 valence electrons. The Hall–Kier alpha value is -1.42. The zero-order valence-corrected chi connectivity index (χ0v) is 12.6. The van der Waals surface area contributed by atoms with Gasteiger partial charge in [0, 0.05) is 0 Å². The second-order valence-corrected chi connectivity index (χ2v) is 6.69. The summed E-state index contributed by atoms with van der Waals surface area (Å²) in [5.74, 6) is 0. The summed E-state index contributed by atoms with van der Waals surface area (Å²) in [5.41, 5.74) is 0.827. The second-order valence-electron chi connectivity index (χ2n) is 3.70. The largest absolute Gasteiger partial charge is 0.334 e. The Kier molecular flexibility index (Phi) is 3.28. The first kappa shape index (κ1) is 13.6. The average molecular weight is 350 g/mol. The molecular formula is C9H5Cl2N5O2S2. The molecule has 1 aromatic carbocycles. The fourth-order valence-electron chi connectivity index (χ4n) is 1.55. The molecule has 0 fully saturated rings. The Balaban J connectivity index is 2.14. The SMILES string of the molecule is O=S(=O)(Nc1c(Cl)cc(Cl)c2nsnc12)c1cnc[nH]1. The van der Waals surface area contributed by atoms with Gasteiger partial charge in [0.2, 0.25) is 0 Å². The van der Waals surface area contributed by atoms with Crippen molar-refractivity contribution in [1.29, 1.82) is 0 Å². The first-order valence-corrected chi connectivity index (χ1v) is 8.07. The Labute approximate surface area is 127 Å². The zero-order chi connectivity index (χ0) is 14.3. The number of imidazole rings is 1. The molecule has 0 aliphatic heterocycles. The van der Waals surface area contributed by atoms with E-state index in [1.807, 2.05) is 0 Å². The van der Waals surface area contributed by atoms with Crippen LogP contribution in [-0.2, 0) is 10.0 Å². The molecule has 2 heterocycles. The number of hydrogen-bond donors (Lipinski definition) is 2. The van der Waals surface area contributed by atoms with Gasteiger partial charge in [0.05, 0.1) is 40.0 Å². The highest BCUT2D eigenvalue weighted by molar-refractivity contribution is 7.92. The molecule has 0 spiro atoms. The summed E-state index contributed by atoms with van der Waals surface area (Å²) in [6.07, 6.45) is 2.45. The summed E-state index contributed by atoms with van der Waals surface area (Å²) in [4.78, 5) is 6.17. The summed E-state index contributed by atoms with van der Waals surface area (Å²) in [6, 6.07) is 1.41. The summed E-state index contributed by atoms with van der Waals surface area (Å²) >= 11 is 12.9. The molecule has 0 bridgehead atoms. The molecule has 11 heteroatoms. The minimum Gasteiger partial charge on any atom is -0.334 e. The lowest BCUT2D eigenvalue weighted by Gasteiger charge is -2.09. The quantitative estimate of drug-likeness (QED) is 0.756. The van der Waals surface area contributed by atoms with Crippen LogP contribution < -0.4 is 4.72 Å². The molecule has 2 aromatic heterocycles. The summed E-state index contributed by atoms with van der Waals surface area (Å²) in [7, 11) is -3.83. The van der Waals surface area contributed by atoms with Crippen LogP contribution in [0, 0.1) is 0 Å². The van der Waals surface area contributed by atoms with Crippen LogP contribution in [0.2, 0.25) is 10.0 Å². The third-order valence-electron chi connectivity index (χ3n) is 2.44. The molecular weight excluding hydrogens is 345 g/mol. The first-order valence-electron chi connectivity index (χ1n) is 5.10. The van der Waals surface area contributed by atoms with Crippen LogP contribution in [0.4, 0.5) is 5.69 Å². The van der Waals surface area contributed by atoms with E-state index < -0.39 is 10.0 Å². The Morgan fingerprint density at radius 2 is 1.95 bits per heavy atom. The first-order chi connectivity index (χ1) is 9.49. The minimum atomic E-state index is -3.83. The van der Waals surface area contributed by atoms with Crippen molar-refractivity contribution in [2.24, 2.45) is 0 Å². The van der Waals surface area contributed by atoms with Crippen molar-refractivity contribution < 1.29 is 8.42 Å². The molecule has 0 saturated heterocycles. The van der Waals surface area contributed by atoms with E-state index in [-0.39, 0.29) is 15.7 Å². The fraction of sp³-hybridized carbons (Fsp3) is 0. The second kappa shape index (κ2) is 4.85. The lowest BCUT2D eigenvalue weighted by molar-refractivity contribution is 0.598. The highest BCUT2D eigenvalue weighted by Crippen LogP contribution is 2.36. The van der Waals surface area contributed by atoms with Crippen LogP contribution in [-0.4, -0.2) is 27.1 Å². The van der Waals surface area contributed by atoms with Gasteiger partial charge in [0.1, 0.15) is 11.0 Å². The molecule has 0 aliphatic carbocycles. The maximum absolute atomic E-state index is 12.1. The van der Waals surface area contributed by atoms with E-state index in [1.54, 1.807) is 0 Å². The van der Waals surface area contributed by atoms with Crippen LogP contribution in [0.5, 0.6) is 0 Å². The minimum absolute atomic E-state index is 0.0835. The highest BCUT2D eigenvalue weighted by atomic mass is 35.5. The van der Waals surface area contributed by atoms with Gasteiger partial charge in [0.15, 0.2) is 5.03 Å². The Morgan fingerprint density at radius 1 is 1.20 bits per heavy atom. The molecule has 0 aliphatic rings. The Morgan fingerprint density at radius 3 is 2.65 bits per heavy atom. The van der Waals surface area contributed by atoms with Crippen molar-refractivity contribution in [3.8, 4) is 0 Å². The summed E-state index contributed by atoms with van der Waals surface area (Å²) in [6.45, 7) is 0. The van der Waals surface area contributed by atoms with Crippen LogP contribution in [0.25, 0.3) is 11.0 Å². The van der Waals surface area contributed by atoms with Crippen molar-refractivity contribution in [3.05, 3.63) is 28.6 Å². The van der Waals surface area contributed by atoms with E-state index in [1.165, 1.54) is 18.6 Å². The lowest BCUT2D eigenvalue weighted by Crippen LogP contribution is -2.14. The van der Waals surface area contributed by atoms with Crippen LogP contribution in [0.1, 0.15) is 0 Å². The number of sulfonamides is 1. The van der Waals surface area contributed by atoms with Gasteiger partial charge in [-0.2, -0.15) is 17.2 Å². The van der Waals surface area contributed by atoms with Gasteiger partial charge in [-0.25, -0.2) is 4.98 Å². The van der Waals surface area contributed by atoms with Gasteiger partial charge in [-0.05, 0) is 6.07 Å². The molecule has 3 aromatic rings. The molecule has 0 saturated carbocycles. The average Bonchev–Trinajstić information content (AvgIpc) is 3.05. The predicted molar refractivity (Wildman–Crippen MR) is 76.8 cm³/mol. The number of aromatic nitrogens is 4. The molecule has 0 atom stereocenters. The van der Waals surface area contributed by atoms with Gasteiger partial charge in [0.25, 0.3) is 10.0 Å². The van der Waals surface area contributed by atoms with Crippen molar-refractivity contribution in [2.45, 2.75) is 5.03 Å². The van der Waals surface area contributed by atoms with E-state index in [9.17, 15) is 8.42 Å². The molecule has 0 radical (unpaired) electrons. The third-order valence-corrected chi connectivity index (χ3v) is 4.83. The number of aromatic amines is 1. The van der Waals surface area contributed by atoms with E-state index in [0.29, 0.717) is 16.1 Å². The number of benzene rings is 1. The van der Waals surface area contributed by atoms with E-state index in [2.05, 4.69) is 23.4 Å². The maximum atomic E-state index is 12.1. The molecule has 0 unspecified atom stereocenters. The third kappa shape index (κ3) is 2.22.